The van der Waals surface area contributed by atoms with Crippen LogP contribution in [0.1, 0.15) is 61.9 Å². The highest BCUT2D eigenvalue weighted by Crippen LogP contribution is 2.79. The van der Waals surface area contributed by atoms with E-state index in [1.165, 1.54) is 24.0 Å². The third-order valence-corrected chi connectivity index (χ3v) is 17.1. The van der Waals surface area contributed by atoms with Gasteiger partial charge < -0.3 is 39.4 Å². The summed E-state index contributed by atoms with van der Waals surface area (Å²) in [6.07, 6.45) is 4.82. The number of quaternary nitrogens is 2. The number of hydrogen-bond acceptors (Lipinski definition) is 6. The van der Waals surface area contributed by atoms with Crippen LogP contribution >= 0.6 is 0 Å². The predicted molar refractivity (Wildman–Crippen MR) is 229 cm³/mol. The minimum Gasteiger partial charge on any atom is -0.378 e. The fraction of sp³-hybridized carbons (Fsp3) is 0.480. The molecule has 9 aliphatic rings. The standard InChI is InChI=1S/C50H54N4O4/c1-53(7-11-57-15-13-55-9-5-51)23-35-33-21-30-18-29-17-27-3-4-28-19-32-20-31-22-34(36(35)24-53)41-40(33)42-37(30)38(29)43-39(27)46(28)50-26-54(2,8-12-58-16-14-56-10-6-52)25-49(32,50)47(31)44(41)45(42)48(43)50/h3-4,17,19,21-22,35-36H,5-16,18,20,23-26,51-52H2,1-2H3/q+2. The van der Waals surface area contributed by atoms with Crippen molar-refractivity contribution in [3.05, 3.63) is 86.0 Å². The molecule has 5 aromatic carbocycles. The highest BCUT2D eigenvalue weighted by Gasteiger charge is 2.76. The Morgan fingerprint density at radius 1 is 0.569 bits per heavy atom. The first kappa shape index (κ1) is 34.1. The Labute approximate surface area is 339 Å². The van der Waals surface area contributed by atoms with Crippen LogP contribution in [0.3, 0.4) is 0 Å². The molecule has 58 heavy (non-hydrogen) atoms. The number of nitrogens with zero attached hydrogens (tertiary/aromatic N) is 2. The van der Waals surface area contributed by atoms with Gasteiger partial charge in [0.1, 0.15) is 13.1 Å². The summed E-state index contributed by atoms with van der Waals surface area (Å²) in [5, 5.41) is 9.52. The van der Waals surface area contributed by atoms with Crippen molar-refractivity contribution in [2.24, 2.45) is 11.5 Å². The van der Waals surface area contributed by atoms with Crippen LogP contribution in [-0.2, 0) is 42.6 Å². The monoisotopic (exact) mass is 774 g/mol. The Balaban J connectivity index is 0.968. The van der Waals surface area contributed by atoms with Crippen LogP contribution in [0.5, 0.6) is 0 Å². The van der Waals surface area contributed by atoms with Crippen molar-refractivity contribution in [3.63, 3.8) is 0 Å². The minimum atomic E-state index is -0.0679. The Hall–Kier alpha value is -3.70. The van der Waals surface area contributed by atoms with Gasteiger partial charge in [-0.15, -0.1) is 0 Å². The van der Waals surface area contributed by atoms with E-state index < -0.39 is 0 Å². The molecular formula is C50H54N4O4+2. The molecule has 7 aliphatic carbocycles. The van der Waals surface area contributed by atoms with E-state index in [1.807, 2.05) is 0 Å². The van der Waals surface area contributed by atoms with E-state index in [9.17, 15) is 0 Å². The Morgan fingerprint density at radius 3 is 1.95 bits per heavy atom. The molecule has 6 unspecified atom stereocenters. The van der Waals surface area contributed by atoms with Crippen LogP contribution < -0.4 is 11.5 Å². The Bertz CT molecular complexity index is 2810. The lowest BCUT2D eigenvalue weighted by Gasteiger charge is -2.48. The van der Waals surface area contributed by atoms with Gasteiger partial charge in [-0.3, -0.25) is 0 Å². The first-order valence-corrected chi connectivity index (χ1v) is 22.2. The normalized spacial score (nSPS) is 30.4. The van der Waals surface area contributed by atoms with Gasteiger partial charge in [0.2, 0.25) is 0 Å². The van der Waals surface area contributed by atoms with Gasteiger partial charge in [-0.25, -0.2) is 0 Å². The van der Waals surface area contributed by atoms with Gasteiger partial charge in [-0.05, 0) is 123 Å². The second-order valence-corrected chi connectivity index (χ2v) is 20.1. The quantitative estimate of drug-likeness (QED) is 0.0758. The minimum absolute atomic E-state index is 0.0405. The summed E-state index contributed by atoms with van der Waals surface area (Å²) < 4.78 is 25.8. The second-order valence-electron chi connectivity index (χ2n) is 20.1. The number of fused-ring (bicyclic) bond motifs is 3. The van der Waals surface area contributed by atoms with E-state index in [1.54, 1.807) is 99.3 Å². The second kappa shape index (κ2) is 11.2. The molecular weight excluding hydrogens is 721 g/mol. The summed E-state index contributed by atoms with van der Waals surface area (Å²) in [7, 11) is 5.06. The van der Waals surface area contributed by atoms with Gasteiger partial charge in [0.05, 0.1) is 104 Å². The zero-order chi connectivity index (χ0) is 38.5. The Kier molecular flexibility index (Phi) is 6.55. The summed E-state index contributed by atoms with van der Waals surface area (Å²) >= 11 is 0. The molecule has 2 aliphatic heterocycles. The number of likely N-dealkylation sites (tertiary alicyclic amines) is 2. The van der Waals surface area contributed by atoms with Gasteiger partial charge >= 0.3 is 0 Å². The number of benzene rings is 5. The molecule has 0 saturated carbocycles. The average molecular weight is 775 g/mol. The molecule has 2 fully saturated rings. The number of nitrogens with two attached hydrogens (primary N) is 2. The molecule has 2 heterocycles. The molecule has 2 spiro atoms. The van der Waals surface area contributed by atoms with Crippen LogP contribution in [0, 0.1) is 0 Å². The Morgan fingerprint density at radius 2 is 1.21 bits per heavy atom. The van der Waals surface area contributed by atoms with E-state index in [0.29, 0.717) is 64.6 Å². The van der Waals surface area contributed by atoms with Gasteiger partial charge in [0, 0.05) is 24.9 Å². The molecule has 0 bridgehead atoms. The maximum absolute atomic E-state index is 6.32. The summed E-state index contributed by atoms with van der Waals surface area (Å²) in [5.41, 5.74) is 34.2. The number of rotatable bonds is 16. The van der Waals surface area contributed by atoms with Crippen LogP contribution in [0.15, 0.2) is 35.9 Å². The molecule has 0 amide bonds. The molecule has 5 aromatic rings. The van der Waals surface area contributed by atoms with Gasteiger partial charge in [0.15, 0.2) is 0 Å². The lowest BCUT2D eigenvalue weighted by molar-refractivity contribution is -0.900. The predicted octanol–water partition coefficient (Wildman–Crippen LogP) is 5.59. The van der Waals surface area contributed by atoms with Crippen molar-refractivity contribution in [3.8, 4) is 22.3 Å². The van der Waals surface area contributed by atoms with E-state index in [4.69, 9.17) is 30.4 Å². The highest BCUT2D eigenvalue weighted by atomic mass is 16.5. The largest absolute Gasteiger partial charge is 0.378 e. The zero-order valence-electron chi connectivity index (χ0n) is 34.0. The molecule has 0 radical (unpaired) electrons. The summed E-state index contributed by atoms with van der Waals surface area (Å²) in [6, 6.07) is 13.1. The number of hydrogen-bond donors (Lipinski definition) is 2. The maximum Gasteiger partial charge on any atom is 0.102 e. The van der Waals surface area contributed by atoms with Crippen molar-refractivity contribution < 1.29 is 27.9 Å². The smallest absolute Gasteiger partial charge is 0.102 e. The van der Waals surface area contributed by atoms with Crippen molar-refractivity contribution in [1.82, 2.24) is 0 Å². The van der Waals surface area contributed by atoms with Crippen molar-refractivity contribution in [1.29, 1.82) is 0 Å². The van der Waals surface area contributed by atoms with Crippen molar-refractivity contribution in [2.75, 3.05) is 119 Å². The summed E-state index contributed by atoms with van der Waals surface area (Å²) in [5.74, 6) is 1.04. The van der Waals surface area contributed by atoms with Crippen LogP contribution in [0.25, 0.3) is 60.6 Å². The molecule has 8 nitrogen and oxygen atoms in total. The lowest BCUT2D eigenvalue weighted by atomic mass is 9.49. The molecule has 8 heteroatoms. The fourth-order valence-corrected chi connectivity index (χ4v) is 15.5. The van der Waals surface area contributed by atoms with Crippen molar-refractivity contribution >= 4 is 38.4 Å². The molecule has 4 N–H and O–H groups in total. The van der Waals surface area contributed by atoms with Gasteiger partial charge in [-0.2, -0.15) is 0 Å². The van der Waals surface area contributed by atoms with Gasteiger partial charge in [0.25, 0.3) is 0 Å². The highest BCUT2D eigenvalue weighted by molar-refractivity contribution is 6.36. The topological polar surface area (TPSA) is 89.0 Å². The number of ether oxygens (including phenoxy) is 4. The molecule has 2 saturated heterocycles. The first-order valence-electron chi connectivity index (χ1n) is 22.2. The van der Waals surface area contributed by atoms with Gasteiger partial charge in [-0.1, -0.05) is 36.4 Å². The van der Waals surface area contributed by atoms with Crippen LogP contribution in [-0.4, -0.2) is 128 Å². The fourth-order valence-electron chi connectivity index (χ4n) is 15.5. The van der Waals surface area contributed by atoms with E-state index >= 15 is 0 Å². The van der Waals surface area contributed by atoms with E-state index in [0.717, 1.165) is 61.2 Å². The van der Waals surface area contributed by atoms with Crippen LogP contribution in [0.4, 0.5) is 0 Å². The third-order valence-electron chi connectivity index (χ3n) is 17.1. The molecule has 6 atom stereocenters. The average Bonchev–Trinajstić information content (AvgIpc) is 4.03. The summed E-state index contributed by atoms with van der Waals surface area (Å²) in [4.78, 5) is 0. The lowest BCUT2D eigenvalue weighted by Crippen LogP contribution is -2.52. The number of likely N-dealkylation sites (N-methyl/N-ethyl adjacent to an activating group) is 2. The first-order chi connectivity index (χ1) is 28.3. The third kappa shape index (κ3) is 3.72. The van der Waals surface area contributed by atoms with E-state index in [2.05, 4.69) is 50.5 Å². The maximum atomic E-state index is 6.32. The molecule has 14 rings (SSSR count). The molecule has 296 valence electrons. The zero-order valence-corrected chi connectivity index (χ0v) is 34.0. The molecule has 0 aromatic heterocycles. The van der Waals surface area contributed by atoms with E-state index in [-0.39, 0.29) is 10.8 Å². The van der Waals surface area contributed by atoms with Crippen molar-refractivity contribution in [2.45, 2.75) is 35.5 Å². The van der Waals surface area contributed by atoms with Crippen LogP contribution in [0.2, 0.25) is 0 Å². The SMILES string of the molecule is C[N+]1(CCOCCOCCN)CC2c3cc4c5c6c3-c3c(cc7c8c3c-6c3c6c9c%10c(ccc9cc(c86)C7)C=C(C4)C54C[N+](C)(CCOCCOCCN)CC%1034)C2C1. The summed E-state index contributed by atoms with van der Waals surface area (Å²) in [6.45, 7) is 12.9.